The molecule has 3 nitrogen and oxygen atoms in total. The molecule has 0 aliphatic rings. The van der Waals surface area contributed by atoms with Crippen LogP contribution >= 0.6 is 11.6 Å². The zero-order chi connectivity index (χ0) is 14.5. The molecule has 0 aliphatic heterocycles. The molecule has 1 unspecified atom stereocenters. The zero-order valence-electron chi connectivity index (χ0n) is 11.7. The molecular weight excluding hydrogens is 277 g/mol. The van der Waals surface area contributed by atoms with Gasteiger partial charge in [-0.05, 0) is 36.7 Å². The maximum absolute atomic E-state index is 13.3. The van der Waals surface area contributed by atoms with E-state index in [1.54, 1.807) is 16.8 Å². The lowest BCUT2D eigenvalue weighted by Crippen LogP contribution is -2.24. The van der Waals surface area contributed by atoms with Crippen LogP contribution in [0.2, 0.25) is 5.02 Å². The monoisotopic (exact) mass is 295 g/mol. The summed E-state index contributed by atoms with van der Waals surface area (Å²) >= 11 is 5.88. The third-order valence-corrected chi connectivity index (χ3v) is 3.46. The molecule has 5 heteroatoms. The van der Waals surface area contributed by atoms with Crippen molar-refractivity contribution < 1.29 is 4.39 Å². The second-order valence-corrected chi connectivity index (χ2v) is 5.27. The van der Waals surface area contributed by atoms with Crippen LogP contribution in [0.25, 0.3) is 0 Å². The van der Waals surface area contributed by atoms with E-state index in [1.165, 1.54) is 6.07 Å². The van der Waals surface area contributed by atoms with E-state index in [-0.39, 0.29) is 16.9 Å². The lowest BCUT2D eigenvalue weighted by molar-refractivity contribution is 0.519. The number of hydrogen-bond donors (Lipinski definition) is 1. The average Bonchev–Trinajstić information content (AvgIpc) is 2.83. The molecule has 0 fully saturated rings. The SMILES string of the molecule is CCCNC(Cc1ccn(C)n1)c1ccc(F)c(Cl)c1. The van der Waals surface area contributed by atoms with E-state index in [4.69, 9.17) is 11.6 Å². The maximum Gasteiger partial charge on any atom is 0.141 e. The molecule has 0 spiro atoms. The van der Waals surface area contributed by atoms with Gasteiger partial charge in [-0.15, -0.1) is 0 Å². The standard InChI is InChI=1S/C15H19ClFN3/c1-3-7-18-15(10-12-6-8-20(2)19-12)11-4-5-14(17)13(16)9-11/h4-6,8-9,15,18H,3,7,10H2,1-2H3. The minimum atomic E-state index is -0.387. The molecule has 0 saturated carbocycles. The highest BCUT2D eigenvalue weighted by molar-refractivity contribution is 6.30. The van der Waals surface area contributed by atoms with Crippen LogP contribution in [-0.4, -0.2) is 16.3 Å². The number of rotatable bonds is 6. The van der Waals surface area contributed by atoms with E-state index >= 15 is 0 Å². The van der Waals surface area contributed by atoms with E-state index in [0.29, 0.717) is 0 Å². The minimum absolute atomic E-state index is 0.0861. The first-order valence-corrected chi connectivity index (χ1v) is 7.14. The average molecular weight is 296 g/mol. The summed E-state index contributed by atoms with van der Waals surface area (Å²) < 4.78 is 15.1. The maximum atomic E-state index is 13.3. The highest BCUT2D eigenvalue weighted by atomic mass is 35.5. The number of aromatic nitrogens is 2. The minimum Gasteiger partial charge on any atom is -0.310 e. The van der Waals surface area contributed by atoms with Gasteiger partial charge < -0.3 is 5.32 Å². The van der Waals surface area contributed by atoms with E-state index in [9.17, 15) is 4.39 Å². The van der Waals surface area contributed by atoms with Crippen LogP contribution in [0.5, 0.6) is 0 Å². The third-order valence-electron chi connectivity index (χ3n) is 3.17. The molecule has 0 saturated heterocycles. The highest BCUT2D eigenvalue weighted by Gasteiger charge is 2.14. The van der Waals surface area contributed by atoms with Gasteiger partial charge in [0.1, 0.15) is 5.82 Å². The Balaban J connectivity index is 2.19. The van der Waals surface area contributed by atoms with Crippen molar-refractivity contribution in [2.45, 2.75) is 25.8 Å². The molecule has 0 radical (unpaired) electrons. The van der Waals surface area contributed by atoms with Gasteiger partial charge >= 0.3 is 0 Å². The molecule has 2 aromatic rings. The summed E-state index contributed by atoms with van der Waals surface area (Å²) in [6.07, 6.45) is 3.71. The molecule has 1 heterocycles. The first-order valence-electron chi connectivity index (χ1n) is 6.77. The molecule has 1 N–H and O–H groups in total. The summed E-state index contributed by atoms with van der Waals surface area (Å²) in [5, 5.41) is 8.01. The van der Waals surface area contributed by atoms with Crippen LogP contribution in [0.4, 0.5) is 4.39 Å². The summed E-state index contributed by atoms with van der Waals surface area (Å²) in [6, 6.07) is 6.95. The Morgan fingerprint density at radius 3 is 2.80 bits per heavy atom. The second kappa shape index (κ2) is 6.86. The third kappa shape index (κ3) is 3.81. The molecule has 1 atom stereocenters. The lowest BCUT2D eigenvalue weighted by Gasteiger charge is -2.18. The van der Waals surface area contributed by atoms with Crippen molar-refractivity contribution in [1.82, 2.24) is 15.1 Å². The van der Waals surface area contributed by atoms with E-state index in [1.807, 2.05) is 19.3 Å². The van der Waals surface area contributed by atoms with Crippen molar-refractivity contribution in [2.75, 3.05) is 6.54 Å². The molecule has 20 heavy (non-hydrogen) atoms. The van der Waals surface area contributed by atoms with Crippen molar-refractivity contribution >= 4 is 11.6 Å². The molecule has 1 aromatic carbocycles. The van der Waals surface area contributed by atoms with Gasteiger partial charge in [0.2, 0.25) is 0 Å². The van der Waals surface area contributed by atoms with Crippen LogP contribution in [-0.2, 0) is 13.5 Å². The number of hydrogen-bond acceptors (Lipinski definition) is 2. The molecule has 1 aromatic heterocycles. The molecule has 0 amide bonds. The van der Waals surface area contributed by atoms with Crippen LogP contribution in [0, 0.1) is 5.82 Å². The van der Waals surface area contributed by atoms with Crippen molar-refractivity contribution in [2.24, 2.45) is 7.05 Å². The Morgan fingerprint density at radius 1 is 1.40 bits per heavy atom. The fraction of sp³-hybridized carbons (Fsp3) is 0.400. The fourth-order valence-electron chi connectivity index (χ4n) is 2.14. The van der Waals surface area contributed by atoms with E-state index in [2.05, 4.69) is 17.3 Å². The first-order chi connectivity index (χ1) is 9.60. The largest absolute Gasteiger partial charge is 0.310 e. The molecular formula is C15H19ClFN3. The Morgan fingerprint density at radius 2 is 2.20 bits per heavy atom. The Labute approximate surface area is 123 Å². The van der Waals surface area contributed by atoms with E-state index < -0.39 is 0 Å². The smallest absolute Gasteiger partial charge is 0.141 e. The Bertz CT molecular complexity index is 568. The van der Waals surface area contributed by atoms with Gasteiger partial charge in [0.25, 0.3) is 0 Å². The summed E-state index contributed by atoms with van der Waals surface area (Å²) in [6.45, 7) is 3.01. The van der Waals surface area contributed by atoms with Crippen molar-refractivity contribution in [3.05, 3.63) is 52.6 Å². The van der Waals surface area contributed by atoms with Crippen molar-refractivity contribution in [3.63, 3.8) is 0 Å². The molecule has 0 aliphatic carbocycles. The van der Waals surface area contributed by atoms with Crippen molar-refractivity contribution in [3.8, 4) is 0 Å². The zero-order valence-corrected chi connectivity index (χ0v) is 12.5. The number of aryl methyl sites for hydroxylation is 1. The Hall–Kier alpha value is -1.39. The topological polar surface area (TPSA) is 29.9 Å². The van der Waals surface area contributed by atoms with Crippen molar-refractivity contribution in [1.29, 1.82) is 0 Å². The summed E-state index contributed by atoms with van der Waals surface area (Å²) in [7, 11) is 1.90. The van der Waals surface area contributed by atoms with E-state index in [0.717, 1.165) is 30.6 Å². The molecule has 2 rings (SSSR count). The number of halogens is 2. The quantitative estimate of drug-likeness (QED) is 0.884. The number of nitrogens with one attached hydrogen (secondary N) is 1. The fourth-order valence-corrected chi connectivity index (χ4v) is 2.33. The second-order valence-electron chi connectivity index (χ2n) is 4.87. The van der Waals surface area contributed by atoms with Gasteiger partial charge in [-0.25, -0.2) is 4.39 Å². The van der Waals surface area contributed by atoms with Crippen LogP contribution < -0.4 is 5.32 Å². The van der Waals surface area contributed by atoms with Crippen LogP contribution in [0.15, 0.2) is 30.5 Å². The molecule has 108 valence electrons. The Kier molecular flexibility index (Phi) is 5.15. The van der Waals surface area contributed by atoms with Gasteiger partial charge in [0.15, 0.2) is 0 Å². The number of nitrogens with zero attached hydrogens (tertiary/aromatic N) is 2. The lowest BCUT2D eigenvalue weighted by atomic mass is 10.0. The predicted molar refractivity (Wildman–Crippen MR) is 79.4 cm³/mol. The summed E-state index contributed by atoms with van der Waals surface area (Å²) in [4.78, 5) is 0. The number of benzene rings is 1. The van der Waals surface area contributed by atoms with Crippen LogP contribution in [0.3, 0.4) is 0 Å². The highest BCUT2D eigenvalue weighted by Crippen LogP contribution is 2.23. The predicted octanol–water partition coefficient (Wildman–Crippen LogP) is 3.50. The van der Waals surface area contributed by atoms with Crippen LogP contribution in [0.1, 0.15) is 30.6 Å². The van der Waals surface area contributed by atoms with Gasteiger partial charge in [-0.3, -0.25) is 4.68 Å². The molecule has 0 bridgehead atoms. The summed E-state index contributed by atoms with van der Waals surface area (Å²) in [5.41, 5.74) is 1.98. The van der Waals surface area contributed by atoms with Gasteiger partial charge in [0.05, 0.1) is 10.7 Å². The van der Waals surface area contributed by atoms with Gasteiger partial charge in [0, 0.05) is 25.7 Å². The normalized spacial score (nSPS) is 12.6. The first kappa shape index (κ1) is 15.0. The summed E-state index contributed by atoms with van der Waals surface area (Å²) in [5.74, 6) is -0.387. The van der Waals surface area contributed by atoms with Gasteiger partial charge in [-0.1, -0.05) is 24.6 Å². The van der Waals surface area contributed by atoms with Gasteiger partial charge in [-0.2, -0.15) is 5.10 Å².